The van der Waals surface area contributed by atoms with Crippen molar-refractivity contribution in [1.82, 2.24) is 5.32 Å². The molecule has 108 valence electrons. The van der Waals surface area contributed by atoms with Crippen molar-refractivity contribution in [2.75, 3.05) is 13.2 Å². The molecule has 0 aliphatic carbocycles. The van der Waals surface area contributed by atoms with E-state index >= 15 is 0 Å². The molecule has 0 saturated carbocycles. The first kappa shape index (κ1) is 16.2. The van der Waals surface area contributed by atoms with Crippen molar-refractivity contribution in [3.8, 4) is 0 Å². The zero-order chi connectivity index (χ0) is 14.1. The lowest BCUT2D eigenvalue weighted by Crippen LogP contribution is -2.28. The van der Waals surface area contributed by atoms with Gasteiger partial charge in [0.15, 0.2) is 0 Å². The normalized spacial score (nSPS) is 14.3. The molecule has 1 N–H and O–H groups in total. The van der Waals surface area contributed by atoms with Crippen LogP contribution in [0.5, 0.6) is 0 Å². The standard InChI is InChI=1S/C17H29NO/c1-5-9-15(4)19-13-17(18-12-6-2)16-11-8-7-10-14(16)3/h7-8,10-11,15,17-18H,5-6,9,12-13H2,1-4H3. The fourth-order valence-corrected chi connectivity index (χ4v) is 2.31. The zero-order valence-electron chi connectivity index (χ0n) is 12.9. The topological polar surface area (TPSA) is 21.3 Å². The Morgan fingerprint density at radius 3 is 2.53 bits per heavy atom. The molecule has 1 aromatic rings. The minimum atomic E-state index is 0.306. The predicted molar refractivity (Wildman–Crippen MR) is 82.5 cm³/mol. The summed E-state index contributed by atoms with van der Waals surface area (Å²) < 4.78 is 5.99. The van der Waals surface area contributed by atoms with Gasteiger partial charge in [-0.2, -0.15) is 0 Å². The molecule has 0 saturated heterocycles. The van der Waals surface area contributed by atoms with E-state index < -0.39 is 0 Å². The number of hydrogen-bond donors (Lipinski definition) is 1. The molecule has 0 radical (unpaired) electrons. The van der Waals surface area contributed by atoms with Crippen molar-refractivity contribution in [2.24, 2.45) is 0 Å². The molecule has 1 aromatic carbocycles. The third-order valence-corrected chi connectivity index (χ3v) is 3.45. The number of benzene rings is 1. The smallest absolute Gasteiger partial charge is 0.0665 e. The van der Waals surface area contributed by atoms with Crippen molar-refractivity contribution in [3.63, 3.8) is 0 Å². The van der Waals surface area contributed by atoms with Gasteiger partial charge in [0.2, 0.25) is 0 Å². The SMILES string of the molecule is CCCNC(COC(C)CCC)c1ccccc1C. The summed E-state index contributed by atoms with van der Waals surface area (Å²) >= 11 is 0. The van der Waals surface area contributed by atoms with Crippen LogP contribution in [0.3, 0.4) is 0 Å². The summed E-state index contributed by atoms with van der Waals surface area (Å²) in [5.74, 6) is 0. The molecule has 2 unspecified atom stereocenters. The molecule has 0 aromatic heterocycles. The van der Waals surface area contributed by atoms with Crippen LogP contribution in [0, 0.1) is 6.92 Å². The second-order valence-electron chi connectivity index (χ2n) is 5.30. The van der Waals surface area contributed by atoms with Gasteiger partial charge in [0.05, 0.1) is 18.8 Å². The van der Waals surface area contributed by atoms with Gasteiger partial charge in [-0.05, 0) is 44.4 Å². The van der Waals surface area contributed by atoms with E-state index in [1.54, 1.807) is 0 Å². The highest BCUT2D eigenvalue weighted by Gasteiger charge is 2.14. The van der Waals surface area contributed by atoms with Crippen LogP contribution in [0.1, 0.15) is 57.2 Å². The summed E-state index contributed by atoms with van der Waals surface area (Å²) in [5.41, 5.74) is 2.70. The summed E-state index contributed by atoms with van der Waals surface area (Å²) in [6, 6.07) is 8.89. The lowest BCUT2D eigenvalue weighted by atomic mass is 10.0. The van der Waals surface area contributed by atoms with Gasteiger partial charge >= 0.3 is 0 Å². The molecular formula is C17H29NO. The maximum absolute atomic E-state index is 5.99. The Morgan fingerprint density at radius 2 is 1.89 bits per heavy atom. The largest absolute Gasteiger partial charge is 0.377 e. The Balaban J connectivity index is 2.64. The molecule has 0 aliphatic rings. The first-order valence-electron chi connectivity index (χ1n) is 7.59. The average Bonchev–Trinajstić information content (AvgIpc) is 2.40. The van der Waals surface area contributed by atoms with Crippen molar-refractivity contribution < 1.29 is 4.74 Å². The van der Waals surface area contributed by atoms with Gasteiger partial charge < -0.3 is 10.1 Å². The highest BCUT2D eigenvalue weighted by Crippen LogP contribution is 2.19. The Hall–Kier alpha value is -0.860. The summed E-state index contributed by atoms with van der Waals surface area (Å²) in [7, 11) is 0. The lowest BCUT2D eigenvalue weighted by molar-refractivity contribution is 0.0439. The lowest BCUT2D eigenvalue weighted by Gasteiger charge is -2.23. The maximum Gasteiger partial charge on any atom is 0.0665 e. The Morgan fingerprint density at radius 1 is 1.16 bits per heavy atom. The maximum atomic E-state index is 5.99. The predicted octanol–water partition coefficient (Wildman–Crippen LogP) is 4.24. The van der Waals surface area contributed by atoms with Gasteiger partial charge in [-0.15, -0.1) is 0 Å². The van der Waals surface area contributed by atoms with Crippen LogP contribution in [0.2, 0.25) is 0 Å². The molecule has 2 atom stereocenters. The molecule has 2 heteroatoms. The van der Waals surface area contributed by atoms with Crippen LogP contribution in [-0.4, -0.2) is 19.3 Å². The van der Waals surface area contributed by atoms with Crippen LogP contribution < -0.4 is 5.32 Å². The Kier molecular flexibility index (Phi) is 7.76. The van der Waals surface area contributed by atoms with E-state index in [0.717, 1.165) is 26.0 Å². The van der Waals surface area contributed by atoms with Gasteiger partial charge in [-0.25, -0.2) is 0 Å². The van der Waals surface area contributed by atoms with Gasteiger partial charge in [0.1, 0.15) is 0 Å². The van der Waals surface area contributed by atoms with Crippen LogP contribution in [0.25, 0.3) is 0 Å². The molecule has 0 heterocycles. The Bertz CT molecular complexity index is 351. The van der Waals surface area contributed by atoms with Crippen LogP contribution >= 0.6 is 0 Å². The van der Waals surface area contributed by atoms with E-state index in [0.29, 0.717) is 12.1 Å². The highest BCUT2D eigenvalue weighted by atomic mass is 16.5. The second kappa shape index (κ2) is 9.11. The van der Waals surface area contributed by atoms with E-state index in [-0.39, 0.29) is 0 Å². The summed E-state index contributed by atoms with van der Waals surface area (Å²) in [5, 5.41) is 3.60. The molecule has 0 fully saturated rings. The van der Waals surface area contributed by atoms with Gasteiger partial charge in [-0.1, -0.05) is 44.5 Å². The number of hydrogen-bond acceptors (Lipinski definition) is 2. The zero-order valence-corrected chi connectivity index (χ0v) is 12.9. The number of nitrogens with one attached hydrogen (secondary N) is 1. The van der Waals surface area contributed by atoms with Crippen molar-refractivity contribution in [3.05, 3.63) is 35.4 Å². The van der Waals surface area contributed by atoms with Gasteiger partial charge in [0.25, 0.3) is 0 Å². The fraction of sp³-hybridized carbons (Fsp3) is 0.647. The summed E-state index contributed by atoms with van der Waals surface area (Å²) in [4.78, 5) is 0. The second-order valence-corrected chi connectivity index (χ2v) is 5.30. The van der Waals surface area contributed by atoms with Crippen LogP contribution in [-0.2, 0) is 4.74 Å². The molecular weight excluding hydrogens is 234 g/mol. The minimum absolute atomic E-state index is 0.306. The van der Waals surface area contributed by atoms with Crippen molar-refractivity contribution in [1.29, 1.82) is 0 Å². The molecule has 0 amide bonds. The summed E-state index contributed by atoms with van der Waals surface area (Å²) in [6.07, 6.45) is 3.81. The molecule has 19 heavy (non-hydrogen) atoms. The number of ether oxygens (including phenoxy) is 1. The van der Waals surface area contributed by atoms with E-state index in [4.69, 9.17) is 4.74 Å². The highest BCUT2D eigenvalue weighted by molar-refractivity contribution is 5.28. The van der Waals surface area contributed by atoms with Crippen molar-refractivity contribution >= 4 is 0 Å². The van der Waals surface area contributed by atoms with Crippen molar-refractivity contribution in [2.45, 2.75) is 59.1 Å². The third kappa shape index (κ3) is 5.75. The first-order valence-corrected chi connectivity index (χ1v) is 7.59. The van der Waals surface area contributed by atoms with Gasteiger partial charge in [-0.3, -0.25) is 0 Å². The molecule has 0 aliphatic heterocycles. The van der Waals surface area contributed by atoms with E-state index in [2.05, 4.69) is 57.3 Å². The fourth-order valence-electron chi connectivity index (χ4n) is 2.31. The number of aryl methyl sites for hydroxylation is 1. The van der Waals surface area contributed by atoms with Gasteiger partial charge in [0, 0.05) is 0 Å². The molecule has 0 bridgehead atoms. The van der Waals surface area contributed by atoms with E-state index in [1.165, 1.54) is 17.5 Å². The van der Waals surface area contributed by atoms with Crippen LogP contribution in [0.4, 0.5) is 0 Å². The molecule has 1 rings (SSSR count). The summed E-state index contributed by atoms with van der Waals surface area (Å²) in [6.45, 7) is 10.5. The average molecular weight is 263 g/mol. The van der Waals surface area contributed by atoms with Crippen LogP contribution in [0.15, 0.2) is 24.3 Å². The third-order valence-electron chi connectivity index (χ3n) is 3.45. The monoisotopic (exact) mass is 263 g/mol. The first-order chi connectivity index (χ1) is 9.19. The minimum Gasteiger partial charge on any atom is -0.377 e. The van der Waals surface area contributed by atoms with E-state index in [9.17, 15) is 0 Å². The quantitative estimate of drug-likeness (QED) is 0.719. The number of rotatable bonds is 9. The van der Waals surface area contributed by atoms with E-state index in [1.807, 2.05) is 0 Å². The molecule has 2 nitrogen and oxygen atoms in total. The Labute approximate surface area is 118 Å². The molecule has 0 spiro atoms.